The van der Waals surface area contributed by atoms with Gasteiger partial charge in [-0.25, -0.2) is 0 Å². The molecule has 0 aliphatic rings. The topological polar surface area (TPSA) is 3.24 Å². The Balaban J connectivity index is 2.59. The maximum atomic E-state index is 3.58. The van der Waals surface area contributed by atoms with Crippen molar-refractivity contribution in [2.24, 2.45) is 5.41 Å². The lowest BCUT2D eigenvalue weighted by Gasteiger charge is -2.26. The van der Waals surface area contributed by atoms with Crippen LogP contribution in [0.4, 0.5) is 0 Å². The quantitative estimate of drug-likeness (QED) is 0.804. The predicted molar refractivity (Wildman–Crippen MR) is 69.9 cm³/mol. The monoisotopic (exact) mass is 269 g/mol. The van der Waals surface area contributed by atoms with E-state index in [0.717, 1.165) is 13.1 Å². The molecule has 0 heterocycles. The van der Waals surface area contributed by atoms with E-state index in [-0.39, 0.29) is 0 Å². The first-order valence-corrected chi connectivity index (χ1v) is 6.10. The van der Waals surface area contributed by atoms with Crippen LogP contribution in [0.25, 0.3) is 0 Å². The van der Waals surface area contributed by atoms with E-state index in [9.17, 15) is 0 Å². The van der Waals surface area contributed by atoms with Crippen LogP contribution in [-0.4, -0.2) is 18.5 Å². The molecule has 0 aliphatic carbocycles. The van der Waals surface area contributed by atoms with Gasteiger partial charge in [-0.05, 0) is 24.1 Å². The van der Waals surface area contributed by atoms with Crippen molar-refractivity contribution in [3.05, 3.63) is 34.3 Å². The molecule has 1 rings (SSSR count). The first-order chi connectivity index (χ1) is 6.88. The van der Waals surface area contributed by atoms with Gasteiger partial charge >= 0.3 is 0 Å². The number of rotatable bonds is 3. The molecule has 84 valence electrons. The molecule has 0 fully saturated rings. The second-order valence-electron chi connectivity index (χ2n) is 5.32. The SMILES string of the molecule is CN(Cc1ccccc1Br)CC(C)(C)C. The Labute approximate surface area is 102 Å². The average molecular weight is 270 g/mol. The summed E-state index contributed by atoms with van der Waals surface area (Å²) in [5, 5.41) is 0. The first kappa shape index (κ1) is 12.7. The summed E-state index contributed by atoms with van der Waals surface area (Å²) >= 11 is 3.58. The fraction of sp³-hybridized carbons (Fsp3) is 0.538. The summed E-state index contributed by atoms with van der Waals surface area (Å²) in [4.78, 5) is 2.36. The molecule has 0 radical (unpaired) electrons. The van der Waals surface area contributed by atoms with Crippen LogP contribution < -0.4 is 0 Å². The fourth-order valence-corrected chi connectivity index (χ4v) is 2.19. The molecule has 2 heteroatoms. The second-order valence-corrected chi connectivity index (χ2v) is 6.18. The highest BCUT2D eigenvalue weighted by Crippen LogP contribution is 2.20. The molecule has 0 saturated carbocycles. The van der Waals surface area contributed by atoms with Crippen molar-refractivity contribution in [1.29, 1.82) is 0 Å². The molecule has 0 aromatic heterocycles. The summed E-state index contributed by atoms with van der Waals surface area (Å²) in [6.07, 6.45) is 0. The van der Waals surface area contributed by atoms with E-state index in [1.807, 2.05) is 0 Å². The normalized spacial score (nSPS) is 12.1. The van der Waals surface area contributed by atoms with E-state index < -0.39 is 0 Å². The predicted octanol–water partition coefficient (Wildman–Crippen LogP) is 3.93. The average Bonchev–Trinajstić information content (AvgIpc) is 2.05. The zero-order valence-electron chi connectivity index (χ0n) is 10.0. The molecule has 1 aromatic rings. The fourth-order valence-electron chi connectivity index (χ4n) is 1.78. The summed E-state index contributed by atoms with van der Waals surface area (Å²) in [5.41, 5.74) is 1.71. The minimum atomic E-state index is 0.357. The van der Waals surface area contributed by atoms with Crippen LogP contribution in [-0.2, 0) is 6.54 Å². The molecule has 0 aliphatic heterocycles. The van der Waals surface area contributed by atoms with Crippen LogP contribution in [0, 0.1) is 5.41 Å². The van der Waals surface area contributed by atoms with E-state index in [4.69, 9.17) is 0 Å². The smallest absolute Gasteiger partial charge is 0.0242 e. The van der Waals surface area contributed by atoms with Gasteiger partial charge in [0.1, 0.15) is 0 Å². The Morgan fingerprint density at radius 3 is 2.33 bits per heavy atom. The van der Waals surface area contributed by atoms with Gasteiger partial charge in [0.05, 0.1) is 0 Å². The zero-order chi connectivity index (χ0) is 11.5. The van der Waals surface area contributed by atoms with Gasteiger partial charge in [0.15, 0.2) is 0 Å². The number of nitrogens with zero attached hydrogens (tertiary/aromatic N) is 1. The van der Waals surface area contributed by atoms with E-state index in [2.05, 4.69) is 72.9 Å². The van der Waals surface area contributed by atoms with E-state index >= 15 is 0 Å². The summed E-state index contributed by atoms with van der Waals surface area (Å²) in [5.74, 6) is 0. The Morgan fingerprint density at radius 2 is 1.80 bits per heavy atom. The molecule has 0 saturated heterocycles. The minimum absolute atomic E-state index is 0.357. The number of hydrogen-bond donors (Lipinski definition) is 0. The molecule has 0 bridgehead atoms. The van der Waals surface area contributed by atoms with Gasteiger partial charge in [0.25, 0.3) is 0 Å². The maximum Gasteiger partial charge on any atom is 0.0242 e. The molecule has 0 atom stereocenters. The van der Waals surface area contributed by atoms with Crippen LogP contribution in [0.5, 0.6) is 0 Å². The van der Waals surface area contributed by atoms with Gasteiger partial charge in [0, 0.05) is 17.6 Å². The number of benzene rings is 1. The van der Waals surface area contributed by atoms with Crippen molar-refractivity contribution in [1.82, 2.24) is 4.90 Å². The molecule has 1 aromatic carbocycles. The van der Waals surface area contributed by atoms with E-state index in [1.165, 1.54) is 10.0 Å². The molecule has 1 nitrogen and oxygen atoms in total. The van der Waals surface area contributed by atoms with Crippen LogP contribution >= 0.6 is 15.9 Å². The molecule has 0 spiro atoms. The van der Waals surface area contributed by atoms with Crippen molar-refractivity contribution < 1.29 is 0 Å². The first-order valence-electron chi connectivity index (χ1n) is 5.30. The van der Waals surface area contributed by atoms with Crippen molar-refractivity contribution in [3.63, 3.8) is 0 Å². The largest absolute Gasteiger partial charge is 0.302 e. The Hall–Kier alpha value is -0.340. The minimum Gasteiger partial charge on any atom is -0.302 e. The van der Waals surface area contributed by atoms with Crippen LogP contribution in [0.2, 0.25) is 0 Å². The standard InChI is InChI=1S/C13H20BrN/c1-13(2,3)10-15(4)9-11-7-5-6-8-12(11)14/h5-8H,9-10H2,1-4H3. The van der Waals surface area contributed by atoms with E-state index in [0.29, 0.717) is 5.41 Å². The lowest BCUT2D eigenvalue weighted by atomic mass is 9.96. The summed E-state index contributed by atoms with van der Waals surface area (Å²) in [6, 6.07) is 8.41. The summed E-state index contributed by atoms with van der Waals surface area (Å²) in [6.45, 7) is 8.91. The van der Waals surface area contributed by atoms with Gasteiger partial charge in [-0.1, -0.05) is 54.9 Å². The van der Waals surface area contributed by atoms with Crippen molar-refractivity contribution in [2.75, 3.05) is 13.6 Å². The number of hydrogen-bond acceptors (Lipinski definition) is 1. The molecule has 0 N–H and O–H groups in total. The zero-order valence-corrected chi connectivity index (χ0v) is 11.6. The van der Waals surface area contributed by atoms with Gasteiger partial charge in [-0.3, -0.25) is 0 Å². The van der Waals surface area contributed by atoms with Crippen LogP contribution in [0.3, 0.4) is 0 Å². The summed E-state index contributed by atoms with van der Waals surface area (Å²) in [7, 11) is 2.17. The van der Waals surface area contributed by atoms with Gasteiger partial charge in [0.2, 0.25) is 0 Å². The third-order valence-corrected chi connectivity index (χ3v) is 2.92. The highest BCUT2D eigenvalue weighted by Gasteiger charge is 2.14. The highest BCUT2D eigenvalue weighted by molar-refractivity contribution is 9.10. The molecule has 15 heavy (non-hydrogen) atoms. The Kier molecular flexibility index (Phi) is 4.35. The van der Waals surface area contributed by atoms with Gasteiger partial charge < -0.3 is 4.90 Å². The van der Waals surface area contributed by atoms with Crippen LogP contribution in [0.15, 0.2) is 28.7 Å². The third-order valence-electron chi connectivity index (χ3n) is 2.14. The molecule has 0 amide bonds. The highest BCUT2D eigenvalue weighted by atomic mass is 79.9. The van der Waals surface area contributed by atoms with Gasteiger partial charge in [-0.15, -0.1) is 0 Å². The molecular formula is C13H20BrN. The van der Waals surface area contributed by atoms with Crippen molar-refractivity contribution >= 4 is 15.9 Å². The molecular weight excluding hydrogens is 250 g/mol. The lowest BCUT2D eigenvalue weighted by Crippen LogP contribution is -2.28. The maximum absolute atomic E-state index is 3.58. The molecule has 0 unspecified atom stereocenters. The number of halogens is 1. The van der Waals surface area contributed by atoms with Crippen molar-refractivity contribution in [3.8, 4) is 0 Å². The van der Waals surface area contributed by atoms with E-state index in [1.54, 1.807) is 0 Å². The lowest BCUT2D eigenvalue weighted by molar-refractivity contribution is 0.220. The Morgan fingerprint density at radius 1 is 1.20 bits per heavy atom. The van der Waals surface area contributed by atoms with Crippen molar-refractivity contribution in [2.45, 2.75) is 27.3 Å². The van der Waals surface area contributed by atoms with Crippen LogP contribution in [0.1, 0.15) is 26.3 Å². The summed E-state index contributed by atoms with van der Waals surface area (Å²) < 4.78 is 1.20. The van der Waals surface area contributed by atoms with Gasteiger partial charge in [-0.2, -0.15) is 0 Å². The second kappa shape index (κ2) is 5.13. The third kappa shape index (κ3) is 4.80. The Bertz CT molecular complexity index is 315.